The number of carbonyl (C=O) groups excluding carboxylic acids is 1. The first-order valence-corrected chi connectivity index (χ1v) is 8.47. The maximum absolute atomic E-state index is 11.9. The number of rotatable bonds is 4. The molecule has 0 heterocycles. The minimum atomic E-state index is -0.206. The molecule has 0 unspecified atom stereocenters. The summed E-state index contributed by atoms with van der Waals surface area (Å²) in [5.74, 6) is 0.463. The lowest BCUT2D eigenvalue weighted by molar-refractivity contribution is -0.118. The zero-order valence-corrected chi connectivity index (χ0v) is 15.9. The lowest BCUT2D eigenvalue weighted by Gasteiger charge is -2.12. The fraction of sp³-hybridized carbons (Fsp3) is 0.133. The van der Waals surface area contributed by atoms with Crippen LogP contribution in [0.3, 0.4) is 0 Å². The van der Waals surface area contributed by atoms with Crippen LogP contribution >= 0.6 is 47.8 Å². The Kier molecular flexibility index (Phi) is 5.84. The molecule has 1 amide bonds. The van der Waals surface area contributed by atoms with E-state index in [1.807, 2.05) is 43.3 Å². The van der Waals surface area contributed by atoms with Gasteiger partial charge >= 0.3 is 0 Å². The first-order valence-electron chi connectivity index (χ1n) is 6.09. The van der Waals surface area contributed by atoms with Gasteiger partial charge in [0, 0.05) is 14.6 Å². The number of benzene rings is 2. The van der Waals surface area contributed by atoms with Crippen LogP contribution in [0.25, 0.3) is 0 Å². The van der Waals surface area contributed by atoms with Crippen LogP contribution in [0.4, 0.5) is 5.69 Å². The van der Waals surface area contributed by atoms with E-state index in [0.717, 1.165) is 24.7 Å². The molecule has 2 rings (SSSR count). The minimum absolute atomic E-state index is 0.0480. The Morgan fingerprint density at radius 2 is 1.90 bits per heavy atom. The number of anilines is 1. The van der Waals surface area contributed by atoms with Crippen molar-refractivity contribution >= 4 is 59.4 Å². The molecule has 0 fully saturated rings. The number of hydrogen-bond acceptors (Lipinski definition) is 2. The van der Waals surface area contributed by atoms with Crippen molar-refractivity contribution in [2.24, 2.45) is 0 Å². The molecular weight excluding hydrogens is 466 g/mol. The molecule has 0 bridgehead atoms. The molecule has 0 aliphatic rings. The maximum Gasteiger partial charge on any atom is 0.262 e. The summed E-state index contributed by atoms with van der Waals surface area (Å²) >= 11 is 10.2. The maximum atomic E-state index is 11.9. The topological polar surface area (TPSA) is 38.3 Å². The van der Waals surface area contributed by atoms with E-state index < -0.39 is 0 Å². The molecular formula is C15H12Br3NO2. The summed E-state index contributed by atoms with van der Waals surface area (Å²) in [6.45, 7) is 1.88. The molecule has 2 aromatic rings. The van der Waals surface area contributed by atoms with E-state index in [-0.39, 0.29) is 12.5 Å². The molecule has 0 aromatic heterocycles. The third-order valence-corrected chi connectivity index (χ3v) is 4.19. The SMILES string of the molecule is Cc1cc(Br)cc(Br)c1OCC(=O)Nc1cccc(Br)c1. The molecule has 2 aromatic carbocycles. The van der Waals surface area contributed by atoms with Gasteiger partial charge in [-0.25, -0.2) is 0 Å². The number of halogens is 3. The first kappa shape index (κ1) is 16.5. The van der Waals surface area contributed by atoms with Crippen molar-refractivity contribution in [3.8, 4) is 5.75 Å². The molecule has 0 atom stereocenters. The van der Waals surface area contributed by atoms with Crippen molar-refractivity contribution < 1.29 is 9.53 Å². The molecule has 21 heavy (non-hydrogen) atoms. The second kappa shape index (κ2) is 7.42. The molecule has 1 N–H and O–H groups in total. The van der Waals surface area contributed by atoms with Crippen LogP contribution in [0.1, 0.15) is 5.56 Å². The zero-order chi connectivity index (χ0) is 15.4. The zero-order valence-electron chi connectivity index (χ0n) is 11.1. The number of ether oxygens (including phenoxy) is 1. The van der Waals surface area contributed by atoms with Gasteiger partial charge in [-0.05, 0) is 58.7 Å². The fourth-order valence-electron chi connectivity index (χ4n) is 1.77. The van der Waals surface area contributed by atoms with Gasteiger partial charge in [-0.1, -0.05) is 37.9 Å². The Labute approximate surface area is 148 Å². The molecule has 0 radical (unpaired) electrons. The Morgan fingerprint density at radius 3 is 2.57 bits per heavy atom. The van der Waals surface area contributed by atoms with E-state index in [1.165, 1.54) is 0 Å². The van der Waals surface area contributed by atoms with Gasteiger partial charge in [0.15, 0.2) is 6.61 Å². The minimum Gasteiger partial charge on any atom is -0.482 e. The second-order valence-corrected chi connectivity index (χ2v) is 7.07. The quantitative estimate of drug-likeness (QED) is 0.649. The standard InChI is InChI=1S/C15H12Br3NO2/c1-9-5-11(17)7-13(18)15(9)21-8-14(20)19-12-4-2-3-10(16)6-12/h2-7H,8H2,1H3,(H,19,20). The smallest absolute Gasteiger partial charge is 0.262 e. The fourth-order valence-corrected chi connectivity index (χ4v) is 3.73. The van der Waals surface area contributed by atoms with Gasteiger partial charge in [0.1, 0.15) is 5.75 Å². The van der Waals surface area contributed by atoms with Crippen LogP contribution in [0.5, 0.6) is 5.75 Å². The lowest BCUT2D eigenvalue weighted by Crippen LogP contribution is -2.20. The molecule has 0 spiro atoms. The van der Waals surface area contributed by atoms with E-state index in [1.54, 1.807) is 0 Å². The average molecular weight is 478 g/mol. The van der Waals surface area contributed by atoms with Crippen LogP contribution < -0.4 is 10.1 Å². The Bertz CT molecular complexity index is 651. The van der Waals surface area contributed by atoms with Crippen molar-refractivity contribution in [1.82, 2.24) is 0 Å². The number of nitrogens with one attached hydrogen (secondary N) is 1. The predicted octanol–water partition coefficient (Wildman–Crippen LogP) is 5.30. The van der Waals surface area contributed by atoms with Crippen LogP contribution in [0.2, 0.25) is 0 Å². The summed E-state index contributed by atoms with van der Waals surface area (Å²) in [5, 5.41) is 2.78. The molecule has 0 aliphatic heterocycles. The van der Waals surface area contributed by atoms with Gasteiger partial charge in [-0.2, -0.15) is 0 Å². The summed E-state index contributed by atoms with van der Waals surface area (Å²) in [7, 11) is 0. The van der Waals surface area contributed by atoms with Crippen molar-refractivity contribution in [2.45, 2.75) is 6.92 Å². The van der Waals surface area contributed by atoms with Gasteiger partial charge < -0.3 is 10.1 Å². The number of amides is 1. The van der Waals surface area contributed by atoms with E-state index in [9.17, 15) is 4.79 Å². The Balaban J connectivity index is 1.99. The second-order valence-electron chi connectivity index (χ2n) is 4.38. The summed E-state index contributed by atoms with van der Waals surface area (Å²) in [6.07, 6.45) is 0. The highest BCUT2D eigenvalue weighted by Gasteiger charge is 2.10. The third kappa shape index (κ3) is 4.83. The van der Waals surface area contributed by atoms with Gasteiger partial charge in [-0.15, -0.1) is 0 Å². The summed E-state index contributed by atoms with van der Waals surface area (Å²) in [5.41, 5.74) is 1.68. The first-order chi connectivity index (χ1) is 9.95. The molecule has 0 saturated heterocycles. The largest absolute Gasteiger partial charge is 0.482 e. The molecule has 3 nitrogen and oxygen atoms in total. The number of aryl methyl sites for hydroxylation is 1. The Hall–Kier alpha value is -0.850. The summed E-state index contributed by atoms with van der Waals surface area (Å²) in [4.78, 5) is 11.9. The number of carbonyl (C=O) groups is 1. The summed E-state index contributed by atoms with van der Waals surface area (Å²) < 4.78 is 8.27. The van der Waals surface area contributed by atoms with Crippen molar-refractivity contribution in [1.29, 1.82) is 0 Å². The number of hydrogen-bond donors (Lipinski definition) is 1. The third-order valence-electron chi connectivity index (χ3n) is 2.65. The predicted molar refractivity (Wildman–Crippen MR) is 94.8 cm³/mol. The van der Waals surface area contributed by atoms with E-state index in [0.29, 0.717) is 5.75 Å². The van der Waals surface area contributed by atoms with Gasteiger partial charge in [0.25, 0.3) is 5.91 Å². The lowest BCUT2D eigenvalue weighted by atomic mass is 10.2. The van der Waals surface area contributed by atoms with E-state index >= 15 is 0 Å². The highest BCUT2D eigenvalue weighted by atomic mass is 79.9. The van der Waals surface area contributed by atoms with Crippen LogP contribution in [-0.2, 0) is 4.79 Å². The highest BCUT2D eigenvalue weighted by Crippen LogP contribution is 2.32. The molecule has 6 heteroatoms. The monoisotopic (exact) mass is 475 g/mol. The van der Waals surface area contributed by atoms with Crippen LogP contribution in [-0.4, -0.2) is 12.5 Å². The van der Waals surface area contributed by atoms with Gasteiger partial charge in [0.2, 0.25) is 0 Å². The summed E-state index contributed by atoms with van der Waals surface area (Å²) in [6, 6.07) is 11.2. The molecule has 0 saturated carbocycles. The van der Waals surface area contributed by atoms with Crippen molar-refractivity contribution in [3.05, 3.63) is 55.4 Å². The van der Waals surface area contributed by atoms with Gasteiger partial charge in [-0.3, -0.25) is 4.79 Å². The molecule has 0 aliphatic carbocycles. The van der Waals surface area contributed by atoms with Crippen LogP contribution in [0, 0.1) is 6.92 Å². The van der Waals surface area contributed by atoms with Crippen LogP contribution in [0.15, 0.2) is 49.8 Å². The van der Waals surface area contributed by atoms with Crippen molar-refractivity contribution in [3.63, 3.8) is 0 Å². The molecule has 110 valence electrons. The van der Waals surface area contributed by atoms with E-state index in [2.05, 4.69) is 53.1 Å². The Morgan fingerprint density at radius 1 is 1.14 bits per heavy atom. The average Bonchev–Trinajstić information content (AvgIpc) is 2.37. The van der Waals surface area contributed by atoms with Crippen molar-refractivity contribution in [2.75, 3.05) is 11.9 Å². The van der Waals surface area contributed by atoms with E-state index in [4.69, 9.17) is 4.74 Å². The van der Waals surface area contributed by atoms with Gasteiger partial charge in [0.05, 0.1) is 4.47 Å². The normalized spacial score (nSPS) is 10.3. The highest BCUT2D eigenvalue weighted by molar-refractivity contribution is 9.11.